The topological polar surface area (TPSA) is 12.0 Å². The zero-order valence-corrected chi connectivity index (χ0v) is 11.9. The predicted molar refractivity (Wildman–Crippen MR) is 74.2 cm³/mol. The Bertz CT molecular complexity index is 289. The van der Waals surface area contributed by atoms with Crippen LogP contribution in [0.4, 0.5) is 0 Å². The van der Waals surface area contributed by atoms with E-state index in [0.717, 1.165) is 12.5 Å². The average molecular weight is 239 g/mol. The minimum Gasteiger partial charge on any atom is -0.310 e. The fourth-order valence-corrected chi connectivity index (χ4v) is 3.11. The monoisotopic (exact) mass is 239 g/mol. The smallest absolute Gasteiger partial charge is 0.0417 e. The summed E-state index contributed by atoms with van der Waals surface area (Å²) < 4.78 is 0. The zero-order valence-electron chi connectivity index (χ0n) is 11.0. The molecule has 0 fully saturated rings. The van der Waals surface area contributed by atoms with Crippen molar-refractivity contribution in [3.8, 4) is 0 Å². The fraction of sp³-hybridized carbons (Fsp3) is 0.714. The van der Waals surface area contributed by atoms with E-state index in [4.69, 9.17) is 0 Å². The molecule has 0 amide bonds. The molecule has 1 rings (SSSR count). The van der Waals surface area contributed by atoms with Crippen LogP contribution >= 0.6 is 11.3 Å². The van der Waals surface area contributed by atoms with Crippen LogP contribution in [0.2, 0.25) is 0 Å². The molecule has 1 N–H and O–H groups in total. The molecule has 1 unspecified atom stereocenters. The van der Waals surface area contributed by atoms with Gasteiger partial charge in [-0.1, -0.05) is 33.6 Å². The lowest BCUT2D eigenvalue weighted by Crippen LogP contribution is -2.22. The molecule has 2 heteroatoms. The molecule has 1 aromatic rings. The van der Waals surface area contributed by atoms with Crippen LogP contribution in [-0.2, 0) is 0 Å². The van der Waals surface area contributed by atoms with Gasteiger partial charge in [0.25, 0.3) is 0 Å². The first-order chi connectivity index (χ1) is 7.71. The van der Waals surface area contributed by atoms with Gasteiger partial charge in [0.15, 0.2) is 0 Å². The Morgan fingerprint density at radius 1 is 1.19 bits per heavy atom. The molecule has 0 aromatic carbocycles. The molecule has 1 aromatic heterocycles. The van der Waals surface area contributed by atoms with Crippen molar-refractivity contribution in [3.05, 3.63) is 21.9 Å². The van der Waals surface area contributed by atoms with Crippen LogP contribution in [0, 0.1) is 12.8 Å². The number of rotatable bonds is 7. The first kappa shape index (κ1) is 13.7. The summed E-state index contributed by atoms with van der Waals surface area (Å²) >= 11 is 1.94. The highest BCUT2D eigenvalue weighted by Gasteiger charge is 2.16. The van der Waals surface area contributed by atoms with E-state index in [2.05, 4.69) is 45.1 Å². The fourth-order valence-electron chi connectivity index (χ4n) is 2.14. The lowest BCUT2D eigenvalue weighted by atomic mass is 9.94. The van der Waals surface area contributed by atoms with Crippen molar-refractivity contribution >= 4 is 11.3 Å². The van der Waals surface area contributed by atoms with Gasteiger partial charge in [0.05, 0.1) is 0 Å². The van der Waals surface area contributed by atoms with Crippen LogP contribution in [0.25, 0.3) is 0 Å². The number of aryl methyl sites for hydroxylation is 1. The summed E-state index contributed by atoms with van der Waals surface area (Å²) in [5.74, 6) is 0.853. The quantitative estimate of drug-likeness (QED) is 0.737. The molecule has 1 heterocycles. The predicted octanol–water partition coefficient (Wildman–Crippen LogP) is 4.53. The van der Waals surface area contributed by atoms with E-state index in [0.29, 0.717) is 6.04 Å². The van der Waals surface area contributed by atoms with E-state index in [1.165, 1.54) is 29.0 Å². The van der Waals surface area contributed by atoms with Crippen molar-refractivity contribution in [3.63, 3.8) is 0 Å². The maximum atomic E-state index is 3.62. The van der Waals surface area contributed by atoms with Crippen molar-refractivity contribution in [1.29, 1.82) is 0 Å². The third-order valence-corrected chi connectivity index (χ3v) is 4.39. The van der Waals surface area contributed by atoms with E-state index in [1.54, 1.807) is 0 Å². The SMILES string of the molecule is CCNC(CC(CC)CC)c1ccc(C)s1. The molecule has 0 spiro atoms. The maximum absolute atomic E-state index is 3.62. The summed E-state index contributed by atoms with van der Waals surface area (Å²) in [5, 5.41) is 3.62. The van der Waals surface area contributed by atoms with E-state index in [9.17, 15) is 0 Å². The molecule has 0 saturated carbocycles. The van der Waals surface area contributed by atoms with E-state index >= 15 is 0 Å². The summed E-state index contributed by atoms with van der Waals surface area (Å²) in [6.45, 7) is 10.0. The van der Waals surface area contributed by atoms with Crippen molar-refractivity contribution in [1.82, 2.24) is 5.32 Å². The Morgan fingerprint density at radius 3 is 2.31 bits per heavy atom. The molecule has 16 heavy (non-hydrogen) atoms. The first-order valence-corrected chi connectivity index (χ1v) is 7.32. The lowest BCUT2D eigenvalue weighted by Gasteiger charge is -2.21. The molecule has 0 bridgehead atoms. The van der Waals surface area contributed by atoms with Crippen LogP contribution in [0.1, 0.15) is 55.8 Å². The highest BCUT2D eigenvalue weighted by atomic mass is 32.1. The van der Waals surface area contributed by atoms with Crippen LogP contribution in [-0.4, -0.2) is 6.54 Å². The molecular weight excluding hydrogens is 214 g/mol. The number of nitrogens with one attached hydrogen (secondary N) is 1. The summed E-state index contributed by atoms with van der Waals surface area (Å²) in [6.07, 6.45) is 3.87. The number of thiophene rings is 1. The molecular formula is C14H25NS. The van der Waals surface area contributed by atoms with Crippen LogP contribution in [0.15, 0.2) is 12.1 Å². The second-order valence-electron chi connectivity index (χ2n) is 4.48. The molecule has 1 nitrogen and oxygen atoms in total. The summed E-state index contributed by atoms with van der Waals surface area (Å²) in [6, 6.07) is 5.08. The molecule has 0 aliphatic rings. The number of hydrogen-bond acceptors (Lipinski definition) is 2. The maximum Gasteiger partial charge on any atom is 0.0417 e. The van der Waals surface area contributed by atoms with E-state index in [1.807, 2.05) is 11.3 Å². The van der Waals surface area contributed by atoms with Crippen molar-refractivity contribution in [2.75, 3.05) is 6.54 Å². The van der Waals surface area contributed by atoms with E-state index < -0.39 is 0 Å². The Kier molecular flexibility index (Phi) is 6.07. The standard InChI is InChI=1S/C14H25NS/c1-5-12(6-2)10-13(15-7-3)14-9-8-11(4)16-14/h8-9,12-13,15H,5-7,10H2,1-4H3. The largest absolute Gasteiger partial charge is 0.310 e. The minimum atomic E-state index is 0.564. The van der Waals surface area contributed by atoms with Crippen molar-refractivity contribution in [2.45, 2.75) is 53.0 Å². The van der Waals surface area contributed by atoms with E-state index in [-0.39, 0.29) is 0 Å². The van der Waals surface area contributed by atoms with Gasteiger partial charge in [0.2, 0.25) is 0 Å². The summed E-state index contributed by atoms with van der Waals surface area (Å²) in [5.41, 5.74) is 0. The lowest BCUT2D eigenvalue weighted by molar-refractivity contribution is 0.379. The van der Waals surface area contributed by atoms with Gasteiger partial charge in [-0.3, -0.25) is 0 Å². The molecule has 92 valence electrons. The average Bonchev–Trinajstić information content (AvgIpc) is 2.71. The normalized spacial score (nSPS) is 13.3. The summed E-state index contributed by atoms with van der Waals surface area (Å²) in [4.78, 5) is 2.92. The van der Waals surface area contributed by atoms with Crippen LogP contribution < -0.4 is 5.32 Å². The molecule has 0 aliphatic carbocycles. The Morgan fingerprint density at radius 2 is 1.88 bits per heavy atom. The zero-order chi connectivity index (χ0) is 12.0. The molecule has 0 radical (unpaired) electrons. The molecule has 0 aliphatic heterocycles. The van der Waals surface area contributed by atoms with Crippen molar-refractivity contribution < 1.29 is 0 Å². The van der Waals surface area contributed by atoms with Gasteiger partial charge in [-0.15, -0.1) is 11.3 Å². The minimum absolute atomic E-state index is 0.564. The Hall–Kier alpha value is -0.340. The third-order valence-electron chi connectivity index (χ3n) is 3.28. The second kappa shape index (κ2) is 7.08. The van der Waals surface area contributed by atoms with Gasteiger partial charge in [0.1, 0.15) is 0 Å². The summed E-state index contributed by atoms with van der Waals surface area (Å²) in [7, 11) is 0. The van der Waals surface area contributed by atoms with Crippen molar-refractivity contribution in [2.24, 2.45) is 5.92 Å². The first-order valence-electron chi connectivity index (χ1n) is 6.50. The third kappa shape index (κ3) is 3.91. The van der Waals surface area contributed by atoms with Crippen LogP contribution in [0.5, 0.6) is 0 Å². The van der Waals surface area contributed by atoms with Gasteiger partial charge < -0.3 is 5.32 Å². The number of hydrogen-bond donors (Lipinski definition) is 1. The van der Waals surface area contributed by atoms with Gasteiger partial charge in [-0.2, -0.15) is 0 Å². The van der Waals surface area contributed by atoms with Gasteiger partial charge in [-0.05, 0) is 37.9 Å². The Labute approximate surface area is 104 Å². The Balaban J connectivity index is 2.66. The van der Waals surface area contributed by atoms with Crippen LogP contribution in [0.3, 0.4) is 0 Å². The highest BCUT2D eigenvalue weighted by molar-refractivity contribution is 7.12. The second-order valence-corrected chi connectivity index (χ2v) is 5.80. The van der Waals surface area contributed by atoms with Gasteiger partial charge in [-0.25, -0.2) is 0 Å². The molecule has 0 saturated heterocycles. The highest BCUT2D eigenvalue weighted by Crippen LogP contribution is 2.29. The van der Waals surface area contributed by atoms with Gasteiger partial charge >= 0.3 is 0 Å². The molecule has 1 atom stereocenters. The van der Waals surface area contributed by atoms with Gasteiger partial charge in [0, 0.05) is 15.8 Å².